The molecule has 0 bridgehead atoms. The van der Waals surface area contributed by atoms with Crippen molar-refractivity contribution in [2.24, 2.45) is 5.92 Å². The van der Waals surface area contributed by atoms with Gasteiger partial charge in [-0.15, -0.1) is 0 Å². The normalized spacial score (nSPS) is 18.0. The summed E-state index contributed by atoms with van der Waals surface area (Å²) in [4.78, 5) is 27.9. The molecule has 1 aliphatic rings. The van der Waals surface area contributed by atoms with Crippen molar-refractivity contribution in [1.29, 1.82) is 0 Å². The number of anilines is 1. The lowest BCUT2D eigenvalue weighted by Gasteiger charge is -2.33. The van der Waals surface area contributed by atoms with Crippen LogP contribution in [0.1, 0.15) is 26.7 Å². The van der Waals surface area contributed by atoms with Crippen LogP contribution in [0.15, 0.2) is 24.3 Å². The maximum absolute atomic E-state index is 12.5. The van der Waals surface area contributed by atoms with Crippen LogP contribution in [-0.2, 0) is 9.59 Å². The predicted molar refractivity (Wildman–Crippen MR) is 86.0 cm³/mol. The number of hydrogen-bond donors (Lipinski definition) is 0. The number of benzene rings is 1. The Hall–Kier alpha value is -2.04. The van der Waals surface area contributed by atoms with Gasteiger partial charge in [0.1, 0.15) is 12.3 Å². The number of nitrogens with zero attached hydrogens (tertiary/aromatic N) is 2. The van der Waals surface area contributed by atoms with Crippen molar-refractivity contribution in [3.05, 3.63) is 24.3 Å². The molecule has 1 aromatic carbocycles. The summed E-state index contributed by atoms with van der Waals surface area (Å²) in [5, 5.41) is 0. The highest BCUT2D eigenvalue weighted by Crippen LogP contribution is 2.28. The Balaban J connectivity index is 2.15. The molecule has 0 N–H and O–H groups in total. The van der Waals surface area contributed by atoms with Crippen molar-refractivity contribution in [3.8, 4) is 5.75 Å². The minimum absolute atomic E-state index is 0.00680. The number of piperidine rings is 1. The SMILES string of the molecule is COc1ccccc1N(CC(=O)N1CCCC(C)C1)C(C)=O. The maximum Gasteiger partial charge on any atom is 0.242 e. The van der Waals surface area contributed by atoms with Crippen LogP contribution in [0.5, 0.6) is 5.75 Å². The van der Waals surface area contributed by atoms with Crippen LogP contribution in [0, 0.1) is 5.92 Å². The molecule has 5 heteroatoms. The fraction of sp³-hybridized carbons (Fsp3) is 0.529. The number of methoxy groups -OCH3 is 1. The molecule has 2 amide bonds. The minimum Gasteiger partial charge on any atom is -0.495 e. The number of hydrogen-bond acceptors (Lipinski definition) is 3. The first kappa shape index (κ1) is 16.3. The highest BCUT2D eigenvalue weighted by Gasteiger charge is 2.25. The van der Waals surface area contributed by atoms with Gasteiger partial charge >= 0.3 is 0 Å². The Morgan fingerprint density at radius 3 is 2.73 bits per heavy atom. The molecule has 1 saturated heterocycles. The molecule has 1 aliphatic heterocycles. The van der Waals surface area contributed by atoms with E-state index in [1.165, 1.54) is 11.8 Å². The van der Waals surface area contributed by atoms with E-state index >= 15 is 0 Å². The molecule has 1 aromatic rings. The number of carbonyl (C=O) groups excluding carboxylic acids is 2. The number of ether oxygens (including phenoxy) is 1. The van der Waals surface area contributed by atoms with Crippen molar-refractivity contribution in [2.45, 2.75) is 26.7 Å². The highest BCUT2D eigenvalue weighted by atomic mass is 16.5. The molecule has 2 rings (SSSR count). The number of rotatable bonds is 4. The van der Waals surface area contributed by atoms with E-state index in [4.69, 9.17) is 4.74 Å². The van der Waals surface area contributed by atoms with E-state index in [0.717, 1.165) is 25.9 Å². The summed E-state index contributed by atoms with van der Waals surface area (Å²) < 4.78 is 5.30. The highest BCUT2D eigenvalue weighted by molar-refractivity contribution is 5.98. The fourth-order valence-electron chi connectivity index (χ4n) is 2.87. The lowest BCUT2D eigenvalue weighted by atomic mass is 10.0. The van der Waals surface area contributed by atoms with E-state index < -0.39 is 0 Å². The van der Waals surface area contributed by atoms with E-state index in [-0.39, 0.29) is 18.4 Å². The zero-order valence-corrected chi connectivity index (χ0v) is 13.5. The third kappa shape index (κ3) is 3.78. The van der Waals surface area contributed by atoms with Crippen LogP contribution in [0.3, 0.4) is 0 Å². The smallest absolute Gasteiger partial charge is 0.242 e. The molecule has 1 atom stereocenters. The largest absolute Gasteiger partial charge is 0.495 e. The van der Waals surface area contributed by atoms with Crippen LogP contribution in [0.2, 0.25) is 0 Å². The Labute approximate surface area is 131 Å². The van der Waals surface area contributed by atoms with E-state index in [2.05, 4.69) is 6.92 Å². The molecule has 1 unspecified atom stereocenters. The Morgan fingerprint density at radius 2 is 2.09 bits per heavy atom. The standard InChI is InChI=1S/C17H24N2O3/c1-13-7-6-10-18(11-13)17(21)12-19(14(2)20)15-8-4-5-9-16(15)22-3/h4-5,8-9,13H,6-7,10-12H2,1-3H3. The Bertz CT molecular complexity index is 544. The van der Waals surface area contributed by atoms with Gasteiger partial charge in [-0.05, 0) is 30.9 Å². The molecule has 0 saturated carbocycles. The van der Waals surface area contributed by atoms with E-state index in [9.17, 15) is 9.59 Å². The molecule has 0 radical (unpaired) electrons. The number of amides is 2. The van der Waals surface area contributed by atoms with Gasteiger partial charge in [-0.25, -0.2) is 0 Å². The van der Waals surface area contributed by atoms with E-state index in [1.54, 1.807) is 19.2 Å². The lowest BCUT2D eigenvalue weighted by molar-refractivity contribution is -0.132. The van der Waals surface area contributed by atoms with Gasteiger partial charge in [0.25, 0.3) is 0 Å². The molecule has 120 valence electrons. The average molecular weight is 304 g/mol. The summed E-state index contributed by atoms with van der Waals surface area (Å²) in [7, 11) is 1.56. The lowest BCUT2D eigenvalue weighted by Crippen LogP contribution is -2.46. The van der Waals surface area contributed by atoms with Gasteiger partial charge in [-0.2, -0.15) is 0 Å². The van der Waals surface area contributed by atoms with Gasteiger partial charge in [-0.3, -0.25) is 14.5 Å². The van der Waals surface area contributed by atoms with Crippen molar-refractivity contribution in [1.82, 2.24) is 4.90 Å². The predicted octanol–water partition coefficient (Wildman–Crippen LogP) is 2.31. The fourth-order valence-corrected chi connectivity index (χ4v) is 2.87. The monoisotopic (exact) mass is 304 g/mol. The summed E-state index contributed by atoms with van der Waals surface area (Å²) >= 11 is 0. The van der Waals surface area contributed by atoms with Crippen LogP contribution in [0.4, 0.5) is 5.69 Å². The first-order valence-electron chi connectivity index (χ1n) is 7.71. The van der Waals surface area contributed by atoms with E-state index in [0.29, 0.717) is 17.4 Å². The average Bonchev–Trinajstić information content (AvgIpc) is 2.52. The van der Waals surface area contributed by atoms with Crippen LogP contribution in [-0.4, -0.2) is 43.5 Å². The van der Waals surface area contributed by atoms with Crippen molar-refractivity contribution < 1.29 is 14.3 Å². The summed E-state index contributed by atoms with van der Waals surface area (Å²) in [6, 6.07) is 7.26. The Morgan fingerprint density at radius 1 is 1.36 bits per heavy atom. The van der Waals surface area contributed by atoms with Crippen LogP contribution in [0.25, 0.3) is 0 Å². The summed E-state index contributed by atoms with van der Waals surface area (Å²) in [5.41, 5.74) is 0.635. The van der Waals surface area contributed by atoms with Gasteiger partial charge in [0.2, 0.25) is 11.8 Å². The minimum atomic E-state index is -0.164. The van der Waals surface area contributed by atoms with Gasteiger partial charge in [0.05, 0.1) is 12.8 Å². The molecule has 1 heterocycles. The summed E-state index contributed by atoms with van der Waals surface area (Å²) in [6.07, 6.45) is 2.19. The molecular weight excluding hydrogens is 280 g/mol. The summed E-state index contributed by atoms with van der Waals surface area (Å²) in [5.74, 6) is 0.947. The van der Waals surface area contributed by atoms with Crippen LogP contribution < -0.4 is 9.64 Å². The second-order valence-electron chi connectivity index (χ2n) is 5.86. The van der Waals surface area contributed by atoms with Gasteiger partial charge in [-0.1, -0.05) is 19.1 Å². The molecule has 5 nitrogen and oxygen atoms in total. The molecule has 0 spiro atoms. The first-order valence-corrected chi connectivity index (χ1v) is 7.71. The molecule has 1 fully saturated rings. The zero-order valence-electron chi connectivity index (χ0n) is 13.5. The van der Waals surface area contributed by atoms with Crippen LogP contribution >= 0.6 is 0 Å². The van der Waals surface area contributed by atoms with Crippen molar-refractivity contribution in [3.63, 3.8) is 0 Å². The quantitative estimate of drug-likeness (QED) is 0.857. The van der Waals surface area contributed by atoms with Gasteiger partial charge < -0.3 is 9.64 Å². The van der Waals surface area contributed by atoms with E-state index in [1.807, 2.05) is 17.0 Å². The number of para-hydroxylation sites is 2. The van der Waals surface area contributed by atoms with Gasteiger partial charge in [0.15, 0.2) is 0 Å². The Kier molecular flexibility index (Phi) is 5.41. The molecule has 0 aromatic heterocycles. The molecule has 22 heavy (non-hydrogen) atoms. The first-order chi connectivity index (χ1) is 10.5. The zero-order chi connectivity index (χ0) is 16.1. The van der Waals surface area contributed by atoms with Crippen molar-refractivity contribution >= 4 is 17.5 Å². The maximum atomic E-state index is 12.5. The third-order valence-electron chi connectivity index (χ3n) is 4.06. The second-order valence-corrected chi connectivity index (χ2v) is 5.86. The molecule has 0 aliphatic carbocycles. The summed E-state index contributed by atoms with van der Waals surface area (Å²) in [6.45, 7) is 5.24. The van der Waals surface area contributed by atoms with Gasteiger partial charge in [0, 0.05) is 20.0 Å². The third-order valence-corrected chi connectivity index (χ3v) is 4.06. The van der Waals surface area contributed by atoms with Crippen molar-refractivity contribution in [2.75, 3.05) is 31.6 Å². The number of likely N-dealkylation sites (tertiary alicyclic amines) is 1. The number of carbonyl (C=O) groups is 2. The molecular formula is C17H24N2O3. The topological polar surface area (TPSA) is 49.9 Å². The second kappa shape index (κ2) is 7.29.